The van der Waals surface area contributed by atoms with Gasteiger partial charge in [0.05, 0.1) is 0 Å². The van der Waals surface area contributed by atoms with Gasteiger partial charge in [-0.1, -0.05) is 17.9 Å². The van der Waals surface area contributed by atoms with Crippen molar-refractivity contribution in [3.63, 3.8) is 0 Å². The average molecular weight is 151 g/mol. The largest absolute Gasteiger partial charge is 0.292 e. The van der Waals surface area contributed by atoms with Crippen LogP contribution in [0.1, 0.15) is 25.7 Å². The van der Waals surface area contributed by atoms with Crippen LogP contribution >= 0.6 is 0 Å². The molecule has 0 atom stereocenters. The number of allylic oxidation sites excluding steroid dienone is 2. The molecule has 0 saturated carbocycles. The second-order valence-corrected chi connectivity index (χ2v) is 2.59. The van der Waals surface area contributed by atoms with Gasteiger partial charge in [-0.25, -0.2) is 5.90 Å². The highest BCUT2D eigenvalue weighted by Gasteiger charge is 1.98. The van der Waals surface area contributed by atoms with Gasteiger partial charge in [0, 0.05) is 0 Å². The van der Waals surface area contributed by atoms with Crippen molar-refractivity contribution in [3.05, 3.63) is 11.6 Å². The lowest BCUT2D eigenvalue weighted by atomic mass is 10.0. The van der Waals surface area contributed by atoms with Gasteiger partial charge in [0.2, 0.25) is 0 Å². The van der Waals surface area contributed by atoms with E-state index in [2.05, 4.69) is 22.8 Å². The van der Waals surface area contributed by atoms with Crippen LogP contribution in [0.15, 0.2) is 11.6 Å². The fourth-order valence-electron chi connectivity index (χ4n) is 1.14. The lowest BCUT2D eigenvalue weighted by molar-refractivity contribution is 0.173. The summed E-state index contributed by atoms with van der Waals surface area (Å²) in [7, 11) is 0. The number of hydrogen-bond acceptors (Lipinski definition) is 2. The summed E-state index contributed by atoms with van der Waals surface area (Å²) in [6.07, 6.45) is 7.07. The van der Waals surface area contributed by atoms with Gasteiger partial charge in [0.25, 0.3) is 0 Å². The smallest absolute Gasteiger partial charge is 0.129 e. The molecule has 2 nitrogen and oxygen atoms in total. The van der Waals surface area contributed by atoms with Gasteiger partial charge in [0.1, 0.15) is 6.61 Å². The van der Waals surface area contributed by atoms with Crippen LogP contribution in [0.3, 0.4) is 0 Å². The van der Waals surface area contributed by atoms with Crippen molar-refractivity contribution in [2.24, 2.45) is 5.90 Å². The second-order valence-electron chi connectivity index (χ2n) is 2.59. The van der Waals surface area contributed by atoms with Crippen molar-refractivity contribution >= 4 is 0 Å². The zero-order valence-corrected chi connectivity index (χ0v) is 6.60. The predicted molar refractivity (Wildman–Crippen MR) is 44.5 cm³/mol. The molecule has 0 bridgehead atoms. The molecule has 0 spiro atoms. The van der Waals surface area contributed by atoms with Gasteiger partial charge < -0.3 is 0 Å². The molecule has 0 fully saturated rings. The number of nitrogens with two attached hydrogens (primary N) is 1. The van der Waals surface area contributed by atoms with Crippen LogP contribution in [0.5, 0.6) is 0 Å². The van der Waals surface area contributed by atoms with Crippen molar-refractivity contribution in [2.45, 2.75) is 25.7 Å². The molecular weight excluding hydrogens is 138 g/mol. The molecule has 2 N–H and O–H groups in total. The molecule has 0 heterocycles. The lowest BCUT2D eigenvalue weighted by Gasteiger charge is -2.05. The van der Waals surface area contributed by atoms with Gasteiger partial charge in [-0.05, 0) is 31.3 Å². The SMILES string of the molecule is NOCC#CC1=CCCCC1. The molecule has 0 aromatic rings. The lowest BCUT2D eigenvalue weighted by Crippen LogP contribution is -1.98. The van der Waals surface area contributed by atoms with E-state index in [1.165, 1.54) is 24.8 Å². The Balaban J connectivity index is 2.36. The van der Waals surface area contributed by atoms with Gasteiger partial charge in [0.15, 0.2) is 0 Å². The highest BCUT2D eigenvalue weighted by molar-refractivity contribution is 5.29. The number of rotatable bonds is 1. The molecule has 0 radical (unpaired) electrons. The Hall–Kier alpha value is -0.780. The molecule has 1 aliphatic carbocycles. The third kappa shape index (κ3) is 3.22. The summed E-state index contributed by atoms with van der Waals surface area (Å²) in [6.45, 7) is 0.331. The molecule has 0 unspecified atom stereocenters. The Bertz CT molecular complexity index is 197. The highest BCUT2D eigenvalue weighted by atomic mass is 16.6. The molecule has 1 aliphatic rings. The Labute approximate surface area is 67.4 Å². The maximum absolute atomic E-state index is 4.82. The van der Waals surface area contributed by atoms with Crippen LogP contribution in [0, 0.1) is 11.8 Å². The Kier molecular flexibility index (Phi) is 3.74. The molecule has 60 valence electrons. The number of hydrogen-bond donors (Lipinski definition) is 1. The van der Waals surface area contributed by atoms with Gasteiger partial charge in [-0.15, -0.1) is 0 Å². The van der Waals surface area contributed by atoms with Gasteiger partial charge in [-0.2, -0.15) is 0 Å². The highest BCUT2D eigenvalue weighted by Crippen LogP contribution is 2.15. The summed E-state index contributed by atoms with van der Waals surface area (Å²) in [5.41, 5.74) is 1.24. The zero-order chi connectivity index (χ0) is 7.94. The summed E-state index contributed by atoms with van der Waals surface area (Å²) in [5.74, 6) is 10.7. The van der Waals surface area contributed by atoms with Crippen molar-refractivity contribution in [2.75, 3.05) is 6.61 Å². The first kappa shape index (κ1) is 8.32. The monoisotopic (exact) mass is 151 g/mol. The molecule has 1 rings (SSSR count). The van der Waals surface area contributed by atoms with E-state index in [0.717, 1.165) is 6.42 Å². The molecule has 0 aliphatic heterocycles. The van der Waals surface area contributed by atoms with E-state index in [1.54, 1.807) is 0 Å². The van der Waals surface area contributed by atoms with E-state index in [-0.39, 0.29) is 0 Å². The maximum atomic E-state index is 4.82. The molecule has 0 aromatic carbocycles. The molecule has 2 heteroatoms. The minimum absolute atomic E-state index is 0.331. The first-order valence-electron chi connectivity index (χ1n) is 3.93. The Morgan fingerprint density at radius 2 is 2.45 bits per heavy atom. The van der Waals surface area contributed by atoms with Crippen molar-refractivity contribution in [1.82, 2.24) is 0 Å². The summed E-state index contributed by atoms with van der Waals surface area (Å²) < 4.78 is 0. The molecule has 0 saturated heterocycles. The molecule has 11 heavy (non-hydrogen) atoms. The summed E-state index contributed by atoms with van der Waals surface area (Å²) in [6, 6.07) is 0. The van der Waals surface area contributed by atoms with Crippen LogP contribution in [-0.4, -0.2) is 6.61 Å². The fourth-order valence-corrected chi connectivity index (χ4v) is 1.14. The van der Waals surface area contributed by atoms with E-state index in [1.807, 2.05) is 0 Å². The van der Waals surface area contributed by atoms with Gasteiger partial charge >= 0.3 is 0 Å². The quantitative estimate of drug-likeness (QED) is 0.454. The molecule has 0 amide bonds. The summed E-state index contributed by atoms with van der Waals surface area (Å²) in [5, 5.41) is 0. The third-order valence-corrected chi connectivity index (χ3v) is 1.70. The Morgan fingerprint density at radius 3 is 3.09 bits per heavy atom. The second kappa shape index (κ2) is 4.95. The standard InChI is InChI=1S/C9H13NO/c10-11-8-4-7-9-5-2-1-3-6-9/h5H,1-3,6,8,10H2. The third-order valence-electron chi connectivity index (χ3n) is 1.70. The summed E-state index contributed by atoms with van der Waals surface area (Å²) in [4.78, 5) is 4.33. The van der Waals surface area contributed by atoms with E-state index >= 15 is 0 Å². The van der Waals surface area contributed by atoms with Crippen molar-refractivity contribution in [1.29, 1.82) is 0 Å². The predicted octanol–water partition coefficient (Wildman–Crippen LogP) is 1.38. The van der Waals surface area contributed by atoms with Crippen LogP contribution in [0.25, 0.3) is 0 Å². The van der Waals surface area contributed by atoms with Crippen LogP contribution in [0.2, 0.25) is 0 Å². The average Bonchev–Trinajstić information content (AvgIpc) is 2.07. The maximum Gasteiger partial charge on any atom is 0.129 e. The molecular formula is C9H13NO. The Morgan fingerprint density at radius 1 is 1.55 bits per heavy atom. The normalized spacial score (nSPS) is 16.6. The zero-order valence-electron chi connectivity index (χ0n) is 6.60. The van der Waals surface area contributed by atoms with Crippen molar-refractivity contribution in [3.8, 4) is 11.8 Å². The topological polar surface area (TPSA) is 35.2 Å². The van der Waals surface area contributed by atoms with Crippen LogP contribution in [0.4, 0.5) is 0 Å². The van der Waals surface area contributed by atoms with E-state index in [0.29, 0.717) is 6.61 Å². The van der Waals surface area contributed by atoms with Crippen LogP contribution < -0.4 is 5.90 Å². The minimum atomic E-state index is 0.331. The van der Waals surface area contributed by atoms with E-state index in [9.17, 15) is 0 Å². The first-order chi connectivity index (χ1) is 5.43. The minimum Gasteiger partial charge on any atom is -0.292 e. The van der Waals surface area contributed by atoms with Crippen LogP contribution in [-0.2, 0) is 4.84 Å². The fraction of sp³-hybridized carbons (Fsp3) is 0.556. The van der Waals surface area contributed by atoms with E-state index < -0.39 is 0 Å². The summed E-state index contributed by atoms with van der Waals surface area (Å²) >= 11 is 0. The first-order valence-corrected chi connectivity index (χ1v) is 3.93. The van der Waals surface area contributed by atoms with E-state index in [4.69, 9.17) is 5.90 Å². The van der Waals surface area contributed by atoms with Gasteiger partial charge in [-0.3, -0.25) is 4.84 Å². The molecule has 0 aromatic heterocycles. The van der Waals surface area contributed by atoms with Crippen molar-refractivity contribution < 1.29 is 4.84 Å².